The Morgan fingerprint density at radius 1 is 0.971 bits per heavy atom. The fourth-order valence-corrected chi connectivity index (χ4v) is 6.26. The van der Waals surface area contributed by atoms with E-state index in [0.717, 1.165) is 24.8 Å². The fraction of sp³-hybridized carbons (Fsp3) is 0.276. The lowest BCUT2D eigenvalue weighted by Gasteiger charge is -2.44. The number of fused-ring (bicyclic) bond motifs is 5. The summed E-state index contributed by atoms with van der Waals surface area (Å²) >= 11 is 6.34. The van der Waals surface area contributed by atoms with E-state index in [1.165, 1.54) is 28.3 Å². The number of rotatable bonds is 3. The zero-order valence-electron chi connectivity index (χ0n) is 18.7. The minimum absolute atomic E-state index is 0.00919. The van der Waals surface area contributed by atoms with Crippen LogP contribution in [-0.2, 0) is 4.74 Å². The Hall–Kier alpha value is -3.11. The number of benzene rings is 3. The van der Waals surface area contributed by atoms with Gasteiger partial charge in [-0.05, 0) is 65.6 Å². The van der Waals surface area contributed by atoms with Gasteiger partial charge >= 0.3 is 6.09 Å². The average molecular weight is 474 g/mol. The third kappa shape index (κ3) is 3.52. The number of carbonyl (C=O) groups excluding carboxylic acids is 1. The Balaban J connectivity index is 1.24. The summed E-state index contributed by atoms with van der Waals surface area (Å²) < 4.78 is 20.5. The van der Waals surface area contributed by atoms with E-state index in [1.54, 1.807) is 12.1 Å². The highest BCUT2D eigenvalue weighted by Crippen LogP contribution is 2.45. The number of hydrogen-bond acceptors (Lipinski definition) is 2. The molecule has 1 fully saturated rings. The van der Waals surface area contributed by atoms with E-state index < -0.39 is 0 Å². The molecule has 34 heavy (non-hydrogen) atoms. The molecule has 0 saturated carbocycles. The van der Waals surface area contributed by atoms with Crippen molar-refractivity contribution >= 4 is 23.3 Å². The van der Waals surface area contributed by atoms with Crippen molar-refractivity contribution in [2.75, 3.05) is 6.61 Å². The predicted octanol–water partition coefficient (Wildman–Crippen LogP) is 7.44. The quantitative estimate of drug-likeness (QED) is 0.395. The van der Waals surface area contributed by atoms with Crippen LogP contribution in [0.3, 0.4) is 0 Å². The molecular weight excluding hydrogens is 449 g/mol. The number of hydrogen-bond donors (Lipinski definition) is 0. The molecule has 2 aliphatic heterocycles. The maximum Gasteiger partial charge on any atom is 0.410 e. The molecule has 0 N–H and O–H groups in total. The van der Waals surface area contributed by atoms with Crippen LogP contribution < -0.4 is 0 Å². The van der Waals surface area contributed by atoms with Crippen molar-refractivity contribution in [2.45, 2.75) is 43.7 Å². The molecule has 2 bridgehead atoms. The molecule has 3 aromatic rings. The smallest absolute Gasteiger partial charge is 0.410 e. The lowest BCUT2D eigenvalue weighted by Crippen LogP contribution is -2.52. The maximum absolute atomic E-state index is 14.6. The van der Waals surface area contributed by atoms with Gasteiger partial charge in [0, 0.05) is 17.5 Å². The molecule has 1 amide bonds. The number of piperidine rings is 1. The second-order valence-electron chi connectivity index (χ2n) is 9.36. The largest absolute Gasteiger partial charge is 0.448 e. The second-order valence-corrected chi connectivity index (χ2v) is 9.76. The van der Waals surface area contributed by atoms with Crippen LogP contribution in [0, 0.1) is 5.82 Å². The molecule has 0 radical (unpaired) electrons. The minimum atomic E-state index is -0.314. The van der Waals surface area contributed by atoms with Gasteiger partial charge in [0.2, 0.25) is 0 Å². The number of nitrogens with zero attached hydrogens (tertiary/aromatic N) is 1. The Morgan fingerprint density at radius 2 is 1.68 bits per heavy atom. The molecule has 1 aliphatic carbocycles. The fourth-order valence-electron chi connectivity index (χ4n) is 5.97. The van der Waals surface area contributed by atoms with Gasteiger partial charge in [-0.3, -0.25) is 4.90 Å². The minimum Gasteiger partial charge on any atom is -0.448 e. The van der Waals surface area contributed by atoms with Crippen LogP contribution in [0.1, 0.15) is 48.3 Å². The molecule has 172 valence electrons. The lowest BCUT2D eigenvalue weighted by atomic mass is 9.83. The first-order valence-corrected chi connectivity index (χ1v) is 12.3. The Kier molecular flexibility index (Phi) is 5.41. The summed E-state index contributed by atoms with van der Waals surface area (Å²) in [5.41, 5.74) is 6.18. The molecule has 3 aliphatic rings. The molecule has 5 heteroatoms. The molecule has 2 atom stereocenters. The van der Waals surface area contributed by atoms with Crippen LogP contribution in [0.15, 0.2) is 72.8 Å². The molecule has 3 aromatic carbocycles. The van der Waals surface area contributed by atoms with E-state index in [-0.39, 0.29) is 29.9 Å². The monoisotopic (exact) mass is 473 g/mol. The molecule has 0 aromatic heterocycles. The molecular formula is C29H25ClFNO2. The van der Waals surface area contributed by atoms with Gasteiger partial charge in [0.25, 0.3) is 0 Å². The van der Waals surface area contributed by atoms with Gasteiger partial charge in [0.05, 0.1) is 11.1 Å². The predicted molar refractivity (Wildman–Crippen MR) is 132 cm³/mol. The summed E-state index contributed by atoms with van der Waals surface area (Å²) in [6, 6.07) is 21.3. The van der Waals surface area contributed by atoms with Crippen molar-refractivity contribution in [3.63, 3.8) is 0 Å². The number of carbonyl (C=O) groups is 1. The molecule has 2 heterocycles. The van der Waals surface area contributed by atoms with Crippen molar-refractivity contribution in [1.82, 2.24) is 4.90 Å². The van der Waals surface area contributed by atoms with Crippen LogP contribution in [0.2, 0.25) is 5.02 Å². The van der Waals surface area contributed by atoms with Crippen LogP contribution in [0.5, 0.6) is 0 Å². The van der Waals surface area contributed by atoms with Crippen molar-refractivity contribution in [3.8, 4) is 11.1 Å². The van der Waals surface area contributed by atoms with E-state index in [9.17, 15) is 9.18 Å². The zero-order valence-corrected chi connectivity index (χ0v) is 19.5. The third-order valence-corrected chi connectivity index (χ3v) is 7.78. The van der Waals surface area contributed by atoms with E-state index in [2.05, 4.69) is 24.3 Å². The number of ether oxygens (including phenoxy) is 1. The number of amides is 1. The van der Waals surface area contributed by atoms with E-state index >= 15 is 0 Å². The first-order chi connectivity index (χ1) is 16.6. The number of halogens is 2. The molecule has 0 spiro atoms. The van der Waals surface area contributed by atoms with E-state index in [4.69, 9.17) is 16.3 Å². The summed E-state index contributed by atoms with van der Waals surface area (Å²) in [6.45, 7) is 0.304. The first-order valence-electron chi connectivity index (χ1n) is 11.9. The van der Waals surface area contributed by atoms with Crippen molar-refractivity contribution in [3.05, 3.63) is 100 Å². The highest BCUT2D eigenvalue weighted by Gasteiger charge is 2.39. The second kappa shape index (κ2) is 8.59. The standard InChI is InChI=1S/C29H25ClFNO2/c30-26-13-6-14-27(31)28(26)18-15-19-7-5-8-20(16-18)32(19)29(33)34-17-25-23-11-3-1-9-21(23)22-10-2-4-12-24(22)25/h1-4,6,9-15,19-20,25H,5,7-8,16-17H2. The van der Waals surface area contributed by atoms with Gasteiger partial charge in [0.1, 0.15) is 12.4 Å². The van der Waals surface area contributed by atoms with Gasteiger partial charge < -0.3 is 4.74 Å². The Labute approximate surface area is 203 Å². The van der Waals surface area contributed by atoms with Crippen molar-refractivity contribution in [2.24, 2.45) is 0 Å². The van der Waals surface area contributed by atoms with Crippen molar-refractivity contribution in [1.29, 1.82) is 0 Å². The molecule has 1 saturated heterocycles. The summed E-state index contributed by atoms with van der Waals surface area (Å²) in [4.78, 5) is 15.2. The average Bonchev–Trinajstić information content (AvgIpc) is 3.15. The maximum atomic E-state index is 14.6. The van der Waals surface area contributed by atoms with E-state index in [0.29, 0.717) is 23.6 Å². The van der Waals surface area contributed by atoms with Crippen LogP contribution >= 0.6 is 11.6 Å². The molecule has 2 unspecified atom stereocenters. The zero-order chi connectivity index (χ0) is 23.2. The highest BCUT2D eigenvalue weighted by molar-refractivity contribution is 6.32. The van der Waals surface area contributed by atoms with Gasteiger partial charge in [-0.15, -0.1) is 0 Å². The molecule has 6 rings (SSSR count). The summed E-state index contributed by atoms with van der Waals surface area (Å²) in [5.74, 6) is -0.282. The van der Waals surface area contributed by atoms with Crippen molar-refractivity contribution < 1.29 is 13.9 Å². The van der Waals surface area contributed by atoms with Gasteiger partial charge in [-0.25, -0.2) is 9.18 Å². The Bertz CT molecular complexity index is 1240. The Morgan fingerprint density at radius 3 is 2.35 bits per heavy atom. The third-order valence-electron chi connectivity index (χ3n) is 7.47. The summed E-state index contributed by atoms with van der Waals surface area (Å²) in [7, 11) is 0. The molecule has 3 nitrogen and oxygen atoms in total. The topological polar surface area (TPSA) is 29.5 Å². The van der Waals surface area contributed by atoms with Crippen LogP contribution in [0.4, 0.5) is 9.18 Å². The van der Waals surface area contributed by atoms with E-state index in [1.807, 2.05) is 35.2 Å². The first kappa shape index (κ1) is 21.4. The van der Waals surface area contributed by atoms with Gasteiger partial charge in [0.15, 0.2) is 0 Å². The van der Waals surface area contributed by atoms with Crippen LogP contribution in [-0.4, -0.2) is 29.7 Å². The van der Waals surface area contributed by atoms with Gasteiger partial charge in [-0.1, -0.05) is 72.3 Å². The normalized spacial score (nSPS) is 21.0. The van der Waals surface area contributed by atoms with Gasteiger partial charge in [-0.2, -0.15) is 0 Å². The lowest BCUT2D eigenvalue weighted by molar-refractivity contribution is 0.0538. The summed E-state index contributed by atoms with van der Waals surface area (Å²) in [5, 5.41) is 0.416. The van der Waals surface area contributed by atoms with Crippen LogP contribution in [0.25, 0.3) is 16.7 Å². The highest BCUT2D eigenvalue weighted by atomic mass is 35.5. The summed E-state index contributed by atoms with van der Waals surface area (Å²) in [6.07, 6.45) is 5.08. The SMILES string of the molecule is O=C(OCC1c2ccccc2-c2ccccc21)N1C2C=C(c3c(F)cccc3Cl)CC1CCC2.